The van der Waals surface area contributed by atoms with Gasteiger partial charge in [-0.3, -0.25) is 0 Å². The second kappa shape index (κ2) is 7.52. The van der Waals surface area contributed by atoms with Gasteiger partial charge in [-0.1, -0.05) is 37.3 Å². The van der Waals surface area contributed by atoms with Crippen LogP contribution in [0.5, 0.6) is 5.75 Å². The summed E-state index contributed by atoms with van der Waals surface area (Å²) in [5, 5.41) is 23.6. The predicted molar refractivity (Wildman–Crippen MR) is 87.8 cm³/mol. The molecular weight excluding hydrogens is 282 g/mol. The van der Waals surface area contributed by atoms with E-state index >= 15 is 0 Å². The van der Waals surface area contributed by atoms with Gasteiger partial charge in [0.05, 0.1) is 0 Å². The molecule has 0 amide bonds. The lowest BCUT2D eigenvalue weighted by atomic mass is 10.1. The Morgan fingerprint density at radius 1 is 1.29 bits per heavy atom. The zero-order chi connectivity index (χ0) is 15.2. The Kier molecular flexibility index (Phi) is 5.70. The van der Waals surface area contributed by atoms with E-state index in [0.717, 1.165) is 47.1 Å². The molecule has 0 aliphatic rings. The minimum Gasteiger partial charge on any atom is -0.508 e. The number of hydrogen-bond acceptors (Lipinski definition) is 5. The normalized spacial score (nSPS) is 11.2. The highest BCUT2D eigenvalue weighted by Gasteiger charge is 2.10. The number of benzene rings is 1. The number of rotatable bonds is 7. The van der Waals surface area contributed by atoms with Gasteiger partial charge in [-0.15, -0.1) is 10.2 Å². The number of hydrogen-bond donors (Lipinski definition) is 2. The van der Waals surface area contributed by atoms with Gasteiger partial charge in [-0.05, 0) is 38.4 Å². The third-order valence-corrected chi connectivity index (χ3v) is 4.32. The molecule has 5 heteroatoms. The molecule has 0 saturated carbocycles. The predicted octanol–water partition coefficient (Wildman–Crippen LogP) is 3.40. The molecule has 4 nitrogen and oxygen atoms in total. The molecule has 2 aromatic rings. The standard InChI is InChI=1S/C16H23N3OS/c1-11(2)10-17-9-5-8-15-18-19-16(21-15)13-6-4-7-14(20)12(13)3/h4,6-7,11,17,20H,5,8-10H2,1-3H3. The molecule has 0 fully saturated rings. The summed E-state index contributed by atoms with van der Waals surface area (Å²) in [6.07, 6.45) is 2.01. The number of aryl methyl sites for hydroxylation is 1. The van der Waals surface area contributed by atoms with E-state index in [2.05, 4.69) is 29.4 Å². The van der Waals surface area contributed by atoms with E-state index in [4.69, 9.17) is 0 Å². The summed E-state index contributed by atoms with van der Waals surface area (Å²) in [6, 6.07) is 5.51. The van der Waals surface area contributed by atoms with Crippen molar-refractivity contribution >= 4 is 11.3 Å². The fourth-order valence-electron chi connectivity index (χ4n) is 2.07. The molecular formula is C16H23N3OS. The van der Waals surface area contributed by atoms with Crippen LogP contribution in [0.4, 0.5) is 0 Å². The van der Waals surface area contributed by atoms with E-state index in [1.165, 1.54) is 0 Å². The molecule has 0 spiro atoms. The van der Waals surface area contributed by atoms with Gasteiger partial charge in [0, 0.05) is 17.5 Å². The second-order valence-electron chi connectivity index (χ2n) is 5.65. The Balaban J connectivity index is 1.91. The SMILES string of the molecule is Cc1c(O)cccc1-c1nnc(CCCNCC(C)C)s1. The monoisotopic (exact) mass is 305 g/mol. The number of nitrogens with zero attached hydrogens (tertiary/aromatic N) is 2. The summed E-state index contributed by atoms with van der Waals surface area (Å²) in [6.45, 7) is 8.40. The molecule has 1 aromatic carbocycles. The summed E-state index contributed by atoms with van der Waals surface area (Å²) < 4.78 is 0. The molecule has 1 aromatic heterocycles. The third kappa shape index (κ3) is 4.51. The van der Waals surface area contributed by atoms with Crippen molar-refractivity contribution < 1.29 is 5.11 Å². The second-order valence-corrected chi connectivity index (χ2v) is 6.71. The summed E-state index contributed by atoms with van der Waals surface area (Å²) in [5.74, 6) is 0.994. The summed E-state index contributed by atoms with van der Waals surface area (Å²) in [4.78, 5) is 0. The molecule has 1 heterocycles. The molecule has 0 saturated heterocycles. The molecule has 0 radical (unpaired) electrons. The number of aromatic nitrogens is 2. The number of phenolic OH excluding ortho intramolecular Hbond substituents is 1. The highest BCUT2D eigenvalue weighted by molar-refractivity contribution is 7.14. The Hall–Kier alpha value is -1.46. The maximum Gasteiger partial charge on any atom is 0.148 e. The molecule has 0 aliphatic carbocycles. The van der Waals surface area contributed by atoms with Gasteiger partial charge in [-0.2, -0.15) is 0 Å². The molecule has 0 unspecified atom stereocenters. The van der Waals surface area contributed by atoms with Crippen molar-refractivity contribution in [2.75, 3.05) is 13.1 Å². The van der Waals surface area contributed by atoms with Crippen LogP contribution in [0.3, 0.4) is 0 Å². The van der Waals surface area contributed by atoms with Crippen LogP contribution in [0.15, 0.2) is 18.2 Å². The molecule has 21 heavy (non-hydrogen) atoms. The summed E-state index contributed by atoms with van der Waals surface area (Å²) in [7, 11) is 0. The average Bonchev–Trinajstić information content (AvgIpc) is 2.90. The van der Waals surface area contributed by atoms with Crippen LogP contribution in [-0.4, -0.2) is 28.4 Å². The molecule has 2 N–H and O–H groups in total. The smallest absolute Gasteiger partial charge is 0.148 e. The first-order valence-corrected chi connectivity index (χ1v) is 8.21. The van der Waals surface area contributed by atoms with Crippen LogP contribution < -0.4 is 5.32 Å². The van der Waals surface area contributed by atoms with E-state index < -0.39 is 0 Å². The van der Waals surface area contributed by atoms with Crippen molar-refractivity contribution in [3.63, 3.8) is 0 Å². The quantitative estimate of drug-likeness (QED) is 0.770. The fourth-order valence-corrected chi connectivity index (χ4v) is 3.04. The van der Waals surface area contributed by atoms with Crippen LogP contribution in [0.2, 0.25) is 0 Å². The fraction of sp³-hybridized carbons (Fsp3) is 0.500. The first-order valence-electron chi connectivity index (χ1n) is 7.40. The van der Waals surface area contributed by atoms with Crippen LogP contribution in [0.25, 0.3) is 10.6 Å². The first kappa shape index (κ1) is 15.9. The van der Waals surface area contributed by atoms with E-state index in [0.29, 0.717) is 11.7 Å². The summed E-state index contributed by atoms with van der Waals surface area (Å²) in [5.41, 5.74) is 1.83. The Morgan fingerprint density at radius 3 is 2.86 bits per heavy atom. The van der Waals surface area contributed by atoms with Crippen molar-refractivity contribution in [1.29, 1.82) is 0 Å². The zero-order valence-electron chi connectivity index (χ0n) is 12.9. The largest absolute Gasteiger partial charge is 0.508 e. The van der Waals surface area contributed by atoms with Gasteiger partial charge in [-0.25, -0.2) is 0 Å². The maximum atomic E-state index is 9.76. The van der Waals surface area contributed by atoms with Crippen molar-refractivity contribution in [2.45, 2.75) is 33.6 Å². The highest BCUT2D eigenvalue weighted by atomic mass is 32.1. The van der Waals surface area contributed by atoms with Crippen molar-refractivity contribution in [3.05, 3.63) is 28.8 Å². The molecule has 0 bridgehead atoms. The van der Waals surface area contributed by atoms with Gasteiger partial charge in [0.1, 0.15) is 15.8 Å². The topological polar surface area (TPSA) is 58.0 Å². The number of phenols is 1. The van der Waals surface area contributed by atoms with Crippen molar-refractivity contribution in [1.82, 2.24) is 15.5 Å². The molecule has 0 aliphatic heterocycles. The Labute approximate surface area is 130 Å². The maximum absolute atomic E-state index is 9.76. The lowest BCUT2D eigenvalue weighted by molar-refractivity contribution is 0.471. The Bertz CT molecular complexity index is 581. The number of aromatic hydroxyl groups is 1. The number of nitrogens with one attached hydrogen (secondary N) is 1. The van der Waals surface area contributed by atoms with Gasteiger partial charge >= 0.3 is 0 Å². The van der Waals surface area contributed by atoms with Gasteiger partial charge in [0.25, 0.3) is 0 Å². The lowest BCUT2D eigenvalue weighted by Gasteiger charge is -2.05. The van der Waals surface area contributed by atoms with E-state index in [1.807, 2.05) is 19.1 Å². The van der Waals surface area contributed by atoms with Gasteiger partial charge < -0.3 is 10.4 Å². The van der Waals surface area contributed by atoms with E-state index in [9.17, 15) is 5.11 Å². The summed E-state index contributed by atoms with van der Waals surface area (Å²) >= 11 is 1.61. The van der Waals surface area contributed by atoms with E-state index in [1.54, 1.807) is 17.4 Å². The molecule has 2 rings (SSSR count). The van der Waals surface area contributed by atoms with Gasteiger partial charge in [0.2, 0.25) is 0 Å². The average molecular weight is 305 g/mol. The van der Waals surface area contributed by atoms with Crippen LogP contribution >= 0.6 is 11.3 Å². The minimum atomic E-state index is 0.308. The van der Waals surface area contributed by atoms with Crippen LogP contribution in [0, 0.1) is 12.8 Å². The highest BCUT2D eigenvalue weighted by Crippen LogP contribution is 2.31. The molecule has 114 valence electrons. The van der Waals surface area contributed by atoms with Crippen LogP contribution in [0.1, 0.15) is 30.8 Å². The van der Waals surface area contributed by atoms with E-state index in [-0.39, 0.29) is 0 Å². The van der Waals surface area contributed by atoms with Gasteiger partial charge in [0.15, 0.2) is 0 Å². The van der Waals surface area contributed by atoms with Crippen molar-refractivity contribution in [2.24, 2.45) is 5.92 Å². The van der Waals surface area contributed by atoms with Crippen molar-refractivity contribution in [3.8, 4) is 16.3 Å². The minimum absolute atomic E-state index is 0.308. The third-order valence-electron chi connectivity index (χ3n) is 3.30. The Morgan fingerprint density at radius 2 is 2.10 bits per heavy atom. The first-order chi connectivity index (χ1) is 10.1. The molecule has 0 atom stereocenters. The van der Waals surface area contributed by atoms with Crippen LogP contribution in [-0.2, 0) is 6.42 Å². The zero-order valence-corrected chi connectivity index (χ0v) is 13.7. The lowest BCUT2D eigenvalue weighted by Crippen LogP contribution is -2.21.